The second-order valence-electron chi connectivity index (χ2n) is 10.4. The molecule has 6 rings (SSSR count). The van der Waals surface area contributed by atoms with Gasteiger partial charge in [0.25, 0.3) is 0 Å². The number of rotatable bonds is 8. The van der Waals surface area contributed by atoms with Gasteiger partial charge in [0.1, 0.15) is 17.6 Å². The summed E-state index contributed by atoms with van der Waals surface area (Å²) in [4.78, 5) is 12.5. The summed E-state index contributed by atoms with van der Waals surface area (Å²) in [5.74, 6) is -1.55. The molecule has 0 saturated heterocycles. The van der Waals surface area contributed by atoms with E-state index in [0.29, 0.717) is 33.0 Å². The predicted molar refractivity (Wildman–Crippen MR) is 163 cm³/mol. The monoisotopic (exact) mass is 610 g/mol. The highest BCUT2D eigenvalue weighted by atomic mass is 35.5. The van der Waals surface area contributed by atoms with Crippen LogP contribution in [0.2, 0.25) is 5.02 Å². The number of aromatic nitrogens is 7. The molecule has 0 aliphatic rings. The van der Waals surface area contributed by atoms with E-state index in [0.717, 1.165) is 29.2 Å². The fourth-order valence-corrected chi connectivity index (χ4v) is 5.11. The molecule has 0 bridgehead atoms. The van der Waals surface area contributed by atoms with Crippen molar-refractivity contribution in [3.8, 4) is 17.5 Å². The molecule has 0 amide bonds. The summed E-state index contributed by atoms with van der Waals surface area (Å²) in [5, 5.41) is 26.1. The number of pyridine rings is 2. The lowest BCUT2D eigenvalue weighted by Crippen LogP contribution is -2.14. The van der Waals surface area contributed by atoms with Crippen LogP contribution >= 0.6 is 11.6 Å². The number of aryl methyl sites for hydroxylation is 1. The molecule has 0 saturated carbocycles. The lowest BCUT2D eigenvalue weighted by molar-refractivity contribution is 0.480. The van der Waals surface area contributed by atoms with Crippen molar-refractivity contribution in [1.29, 1.82) is 5.26 Å². The number of anilines is 3. The van der Waals surface area contributed by atoms with Gasteiger partial charge in [-0.25, -0.2) is 19.0 Å². The number of halogens is 3. The first-order chi connectivity index (χ1) is 21.2. The molecular weight excluding hydrogens is 586 g/mol. The van der Waals surface area contributed by atoms with Crippen LogP contribution < -0.4 is 10.6 Å². The molecule has 0 unspecified atom stereocenters. The van der Waals surface area contributed by atoms with Crippen molar-refractivity contribution in [3.05, 3.63) is 107 Å². The highest BCUT2D eigenvalue weighted by molar-refractivity contribution is 6.32. The maximum absolute atomic E-state index is 14.0. The summed E-state index contributed by atoms with van der Waals surface area (Å²) < 4.78 is 31.2. The molecular formula is C31H25ClF2N10. The Bertz CT molecular complexity index is 2050. The number of nitrogens with zero attached hydrogens (tertiary/aromatic N) is 8. The van der Waals surface area contributed by atoms with Gasteiger partial charge in [-0.2, -0.15) is 9.65 Å². The van der Waals surface area contributed by atoms with Crippen LogP contribution in [0, 0.1) is 23.1 Å². The van der Waals surface area contributed by atoms with Crippen molar-refractivity contribution in [2.45, 2.75) is 25.9 Å². The van der Waals surface area contributed by atoms with Crippen molar-refractivity contribution in [2.24, 2.45) is 7.05 Å². The Morgan fingerprint density at radius 2 is 1.89 bits per heavy atom. The van der Waals surface area contributed by atoms with E-state index in [4.69, 9.17) is 11.6 Å². The van der Waals surface area contributed by atoms with Gasteiger partial charge in [-0.05, 0) is 37.6 Å². The Morgan fingerprint density at radius 3 is 2.59 bits per heavy atom. The third-order valence-corrected chi connectivity index (χ3v) is 7.29. The van der Waals surface area contributed by atoms with Crippen molar-refractivity contribution in [2.75, 3.05) is 10.6 Å². The van der Waals surface area contributed by atoms with Gasteiger partial charge in [0.05, 0.1) is 46.6 Å². The van der Waals surface area contributed by atoms with Gasteiger partial charge in [0.15, 0.2) is 5.82 Å². The van der Waals surface area contributed by atoms with E-state index < -0.39 is 17.8 Å². The van der Waals surface area contributed by atoms with Crippen LogP contribution in [0.4, 0.5) is 25.8 Å². The molecule has 4 heterocycles. The smallest absolute Gasteiger partial charge is 0.249 e. The largest absolute Gasteiger partial charge is 0.371 e. The maximum Gasteiger partial charge on any atom is 0.249 e. The Morgan fingerprint density at radius 1 is 1.05 bits per heavy atom. The predicted octanol–water partition coefficient (Wildman–Crippen LogP) is 6.95. The summed E-state index contributed by atoms with van der Waals surface area (Å²) in [6.07, 6.45) is 8.05. The number of hydrogen-bond donors (Lipinski definition) is 2. The molecule has 1 atom stereocenters. The quantitative estimate of drug-likeness (QED) is 0.178. The van der Waals surface area contributed by atoms with Gasteiger partial charge in [-0.15, -0.1) is 5.10 Å². The molecule has 0 spiro atoms. The second-order valence-corrected chi connectivity index (χ2v) is 10.8. The SMILES string of the molecule is CC(C)n1cc([C@@H](Nc2cc(Cl)cc3c(Nc4cnc(F)c(F)c4)c(C#N)cnc23)c2cccc(-c3nccn3C)c2)nn1. The van der Waals surface area contributed by atoms with Gasteiger partial charge < -0.3 is 15.2 Å². The van der Waals surface area contributed by atoms with Crippen LogP contribution in [0.3, 0.4) is 0 Å². The van der Waals surface area contributed by atoms with Crippen LogP contribution in [0.1, 0.15) is 42.8 Å². The lowest BCUT2D eigenvalue weighted by atomic mass is 10.00. The van der Waals surface area contributed by atoms with E-state index in [2.05, 4.69) is 42.0 Å². The van der Waals surface area contributed by atoms with Crippen molar-refractivity contribution < 1.29 is 8.78 Å². The highest BCUT2D eigenvalue weighted by Gasteiger charge is 2.23. The minimum absolute atomic E-state index is 0.0910. The van der Waals surface area contributed by atoms with Crippen molar-refractivity contribution in [3.63, 3.8) is 0 Å². The minimum atomic E-state index is -1.22. The summed E-state index contributed by atoms with van der Waals surface area (Å²) in [5.41, 5.74) is 4.12. The molecule has 220 valence electrons. The Balaban J connectivity index is 1.48. The average Bonchev–Trinajstić information content (AvgIpc) is 3.68. The first-order valence-corrected chi connectivity index (χ1v) is 14.0. The standard InChI is InChI=1S/C31H25ClF2N10/c1-17(2)44-16-26(41-42-44)28(18-5-4-6-19(9-18)31-36-7-8-43(31)3)40-25-11-21(32)10-23-27(20(13-35)14-37-29(23)25)39-22-12-24(33)30(34)38-15-22/h4-12,14-17,28,40H,1-3H3,(H,37,39)/t28-/m0/s1. The van der Waals surface area contributed by atoms with Crippen LogP contribution in [-0.2, 0) is 7.05 Å². The number of nitriles is 1. The maximum atomic E-state index is 14.0. The normalized spacial score (nSPS) is 12.0. The number of imidazole rings is 1. The first-order valence-electron chi connectivity index (χ1n) is 13.6. The van der Waals surface area contributed by atoms with Crippen LogP contribution in [-0.4, -0.2) is 34.5 Å². The van der Waals surface area contributed by atoms with E-state index in [1.54, 1.807) is 23.0 Å². The lowest BCUT2D eigenvalue weighted by Gasteiger charge is -2.21. The van der Waals surface area contributed by atoms with Gasteiger partial charge in [-0.3, -0.25) is 4.98 Å². The second kappa shape index (κ2) is 11.7. The van der Waals surface area contributed by atoms with E-state index in [1.807, 2.05) is 62.1 Å². The van der Waals surface area contributed by atoms with E-state index in [-0.39, 0.29) is 17.3 Å². The zero-order valence-corrected chi connectivity index (χ0v) is 24.6. The van der Waals surface area contributed by atoms with Crippen LogP contribution in [0.15, 0.2) is 73.4 Å². The molecule has 0 aliphatic heterocycles. The van der Waals surface area contributed by atoms with Gasteiger partial charge >= 0.3 is 0 Å². The molecule has 10 nitrogen and oxygen atoms in total. The molecule has 44 heavy (non-hydrogen) atoms. The molecule has 4 aromatic heterocycles. The van der Waals surface area contributed by atoms with Gasteiger partial charge in [0.2, 0.25) is 5.95 Å². The topological polar surface area (TPSA) is 122 Å². The number of hydrogen-bond acceptors (Lipinski definition) is 8. The van der Waals surface area contributed by atoms with Crippen molar-refractivity contribution >= 4 is 39.6 Å². The number of fused-ring (bicyclic) bond motifs is 1. The summed E-state index contributed by atoms with van der Waals surface area (Å²) >= 11 is 6.63. The number of nitrogens with one attached hydrogen (secondary N) is 2. The molecule has 2 aromatic carbocycles. The molecule has 2 N–H and O–H groups in total. The van der Waals surface area contributed by atoms with Crippen LogP contribution in [0.5, 0.6) is 0 Å². The molecule has 0 fully saturated rings. The zero-order valence-electron chi connectivity index (χ0n) is 23.8. The molecule has 13 heteroatoms. The molecule has 0 radical (unpaired) electrons. The average molecular weight is 611 g/mol. The Hall–Kier alpha value is -5.41. The van der Waals surface area contributed by atoms with Crippen LogP contribution in [0.25, 0.3) is 22.3 Å². The Kier molecular flexibility index (Phi) is 7.63. The third-order valence-electron chi connectivity index (χ3n) is 7.07. The van der Waals surface area contributed by atoms with Gasteiger partial charge in [-0.1, -0.05) is 35.0 Å². The first kappa shape index (κ1) is 28.7. The third kappa shape index (κ3) is 5.52. The minimum Gasteiger partial charge on any atom is -0.371 e. The summed E-state index contributed by atoms with van der Waals surface area (Å²) in [6.45, 7) is 4.03. The fourth-order valence-electron chi connectivity index (χ4n) is 4.89. The number of benzene rings is 2. The van der Waals surface area contributed by atoms with Crippen molar-refractivity contribution in [1.82, 2.24) is 34.5 Å². The van der Waals surface area contributed by atoms with E-state index >= 15 is 0 Å². The Labute approximate surface area is 256 Å². The molecule has 0 aliphatic carbocycles. The van der Waals surface area contributed by atoms with Gasteiger partial charge in [0, 0.05) is 53.7 Å². The van der Waals surface area contributed by atoms with E-state index in [1.165, 1.54) is 6.20 Å². The molecule has 6 aromatic rings. The summed E-state index contributed by atoms with van der Waals surface area (Å²) in [7, 11) is 1.93. The fraction of sp³-hybridized carbons (Fsp3) is 0.161. The zero-order chi connectivity index (χ0) is 31.0. The summed E-state index contributed by atoms with van der Waals surface area (Å²) in [6, 6.07) is 14.0. The van der Waals surface area contributed by atoms with E-state index in [9.17, 15) is 14.0 Å². The highest BCUT2D eigenvalue weighted by Crippen LogP contribution is 2.38.